The number of aromatic nitrogens is 1. The number of amides is 1. The molecule has 0 aliphatic carbocycles. The van der Waals surface area contributed by atoms with Crippen LogP contribution in [0.3, 0.4) is 0 Å². The first-order chi connectivity index (χ1) is 15.1. The lowest BCUT2D eigenvalue weighted by Crippen LogP contribution is -2.45. The third-order valence-corrected chi connectivity index (χ3v) is 6.43. The minimum absolute atomic E-state index is 0.134. The van der Waals surface area contributed by atoms with Crippen molar-refractivity contribution in [1.82, 2.24) is 9.88 Å². The highest BCUT2D eigenvalue weighted by Crippen LogP contribution is 2.36. The van der Waals surface area contributed by atoms with Crippen LogP contribution in [0.2, 0.25) is 0 Å². The van der Waals surface area contributed by atoms with Crippen molar-refractivity contribution in [2.75, 3.05) is 25.1 Å². The summed E-state index contributed by atoms with van der Waals surface area (Å²) >= 11 is 1.48. The van der Waals surface area contributed by atoms with Crippen LogP contribution >= 0.6 is 11.3 Å². The summed E-state index contributed by atoms with van der Waals surface area (Å²) in [5.41, 5.74) is 2.50. The first-order valence-electron chi connectivity index (χ1n) is 10.5. The molecule has 3 aromatic rings. The van der Waals surface area contributed by atoms with Crippen LogP contribution in [0, 0.1) is 5.82 Å². The number of anilines is 2. The van der Waals surface area contributed by atoms with Gasteiger partial charge in [0.05, 0.1) is 12.8 Å². The number of benzene rings is 2. The molecule has 4 rings (SSSR count). The number of methoxy groups -OCH3 is 1. The Hall–Kier alpha value is -2.93. The van der Waals surface area contributed by atoms with E-state index in [0.717, 1.165) is 53.8 Å². The van der Waals surface area contributed by atoms with Gasteiger partial charge < -0.3 is 14.5 Å². The molecule has 0 spiro atoms. The number of likely N-dealkylation sites (tertiary alicyclic amines) is 1. The quantitative estimate of drug-likeness (QED) is 0.488. The second-order valence-corrected chi connectivity index (χ2v) is 8.38. The summed E-state index contributed by atoms with van der Waals surface area (Å²) in [5.74, 6) is 0.615. The molecule has 1 fully saturated rings. The molecule has 0 N–H and O–H groups in total. The number of thiazole rings is 1. The third kappa shape index (κ3) is 4.56. The minimum Gasteiger partial charge on any atom is -0.497 e. The van der Waals surface area contributed by atoms with E-state index in [0.29, 0.717) is 6.42 Å². The molecule has 1 saturated heterocycles. The maximum Gasteiger partial charge on any atom is 0.245 e. The zero-order chi connectivity index (χ0) is 21.8. The second-order valence-electron chi connectivity index (χ2n) is 7.55. The highest BCUT2D eigenvalue weighted by Gasteiger charge is 2.32. The SMILES string of the molecule is CC[C@H](C(=O)N1CCCC1)N(c1ccc(OC)cc1)c1nc(-c2ccc(F)cc2)cs1. The fraction of sp³-hybridized carbons (Fsp3) is 0.333. The van der Waals surface area contributed by atoms with Crippen molar-refractivity contribution in [1.29, 1.82) is 0 Å². The van der Waals surface area contributed by atoms with E-state index in [-0.39, 0.29) is 17.8 Å². The molecular formula is C24H26FN3O2S. The van der Waals surface area contributed by atoms with Crippen LogP contribution in [0.4, 0.5) is 15.2 Å². The van der Waals surface area contributed by atoms with Crippen LogP contribution in [0.15, 0.2) is 53.9 Å². The maximum absolute atomic E-state index is 13.4. The van der Waals surface area contributed by atoms with Crippen molar-refractivity contribution in [2.24, 2.45) is 0 Å². The standard InChI is InChI=1S/C24H26FN3O2S/c1-3-22(23(29)27-14-4-5-15-27)28(19-10-12-20(30-2)13-11-19)24-26-21(16-31-24)17-6-8-18(25)9-7-17/h6-13,16,22H,3-5,14-15H2,1-2H3/t22-/m1/s1. The van der Waals surface area contributed by atoms with E-state index in [9.17, 15) is 9.18 Å². The van der Waals surface area contributed by atoms with Crippen LogP contribution in [-0.2, 0) is 4.79 Å². The molecular weight excluding hydrogens is 413 g/mol. The highest BCUT2D eigenvalue weighted by atomic mass is 32.1. The molecule has 1 aliphatic rings. The van der Waals surface area contributed by atoms with E-state index in [2.05, 4.69) is 0 Å². The maximum atomic E-state index is 13.4. The summed E-state index contributed by atoms with van der Waals surface area (Å²) in [6, 6.07) is 13.7. The Kier molecular flexibility index (Phi) is 6.51. The van der Waals surface area contributed by atoms with Crippen molar-refractivity contribution in [3.63, 3.8) is 0 Å². The van der Waals surface area contributed by atoms with Crippen molar-refractivity contribution < 1.29 is 13.9 Å². The Morgan fingerprint density at radius 1 is 1.16 bits per heavy atom. The molecule has 1 aromatic heterocycles. The minimum atomic E-state index is -0.348. The smallest absolute Gasteiger partial charge is 0.245 e. The first kappa shape index (κ1) is 21.3. The summed E-state index contributed by atoms with van der Waals surface area (Å²) in [6.45, 7) is 3.65. The van der Waals surface area contributed by atoms with E-state index >= 15 is 0 Å². The number of carbonyl (C=O) groups excluding carboxylic acids is 1. The number of halogens is 1. The van der Waals surface area contributed by atoms with Crippen molar-refractivity contribution in [2.45, 2.75) is 32.2 Å². The Morgan fingerprint density at radius 3 is 2.45 bits per heavy atom. The fourth-order valence-electron chi connectivity index (χ4n) is 3.91. The highest BCUT2D eigenvalue weighted by molar-refractivity contribution is 7.14. The van der Waals surface area contributed by atoms with Gasteiger partial charge in [-0.3, -0.25) is 4.79 Å². The molecule has 2 aromatic carbocycles. The van der Waals surface area contributed by atoms with Gasteiger partial charge in [-0.2, -0.15) is 0 Å². The zero-order valence-corrected chi connectivity index (χ0v) is 18.6. The van der Waals surface area contributed by atoms with Gasteiger partial charge in [-0.25, -0.2) is 9.37 Å². The van der Waals surface area contributed by atoms with Crippen molar-refractivity contribution >= 4 is 28.1 Å². The van der Waals surface area contributed by atoms with Gasteiger partial charge in [-0.1, -0.05) is 6.92 Å². The monoisotopic (exact) mass is 439 g/mol. The average molecular weight is 440 g/mol. The molecule has 0 radical (unpaired) electrons. The van der Waals surface area contributed by atoms with Gasteiger partial charge in [-0.05, 0) is 67.8 Å². The summed E-state index contributed by atoms with van der Waals surface area (Å²) in [7, 11) is 1.63. The van der Waals surface area contributed by atoms with Crippen LogP contribution in [0.1, 0.15) is 26.2 Å². The van der Waals surface area contributed by atoms with Crippen molar-refractivity contribution in [3.05, 3.63) is 59.7 Å². The largest absolute Gasteiger partial charge is 0.497 e. The Bertz CT molecular complexity index is 1010. The molecule has 0 unspecified atom stereocenters. The molecule has 1 aliphatic heterocycles. The third-order valence-electron chi connectivity index (χ3n) is 5.59. The van der Waals surface area contributed by atoms with Crippen LogP contribution in [0.5, 0.6) is 5.75 Å². The summed E-state index contributed by atoms with van der Waals surface area (Å²) in [6.07, 6.45) is 2.76. The molecule has 5 nitrogen and oxygen atoms in total. The molecule has 162 valence electrons. The molecule has 2 heterocycles. The average Bonchev–Trinajstić information content (AvgIpc) is 3.50. The molecule has 7 heteroatoms. The number of nitrogens with zero attached hydrogens (tertiary/aromatic N) is 3. The normalized spacial score (nSPS) is 14.5. The van der Waals surface area contributed by atoms with E-state index in [1.165, 1.54) is 23.5 Å². The van der Waals surface area contributed by atoms with Crippen molar-refractivity contribution in [3.8, 4) is 17.0 Å². The number of rotatable bonds is 7. The van der Waals surface area contributed by atoms with Crippen LogP contribution in [-0.4, -0.2) is 42.0 Å². The molecule has 1 amide bonds. The van der Waals surface area contributed by atoms with Gasteiger partial charge in [0.15, 0.2) is 5.13 Å². The topological polar surface area (TPSA) is 45.7 Å². The van der Waals surface area contributed by atoms with E-state index in [4.69, 9.17) is 9.72 Å². The lowest BCUT2D eigenvalue weighted by Gasteiger charge is -2.32. The Labute approximate surface area is 186 Å². The van der Waals surface area contributed by atoms with Gasteiger partial charge in [0.2, 0.25) is 5.91 Å². The van der Waals surface area contributed by atoms with Crippen LogP contribution < -0.4 is 9.64 Å². The van der Waals surface area contributed by atoms with Gasteiger partial charge >= 0.3 is 0 Å². The van der Waals surface area contributed by atoms with Crippen LogP contribution in [0.25, 0.3) is 11.3 Å². The predicted octanol–water partition coefficient (Wildman–Crippen LogP) is 5.50. The first-order valence-corrected chi connectivity index (χ1v) is 11.4. The number of hydrogen-bond donors (Lipinski definition) is 0. The van der Waals surface area contributed by atoms with Gasteiger partial charge in [0, 0.05) is 29.7 Å². The van der Waals surface area contributed by atoms with Gasteiger partial charge in [-0.15, -0.1) is 11.3 Å². The molecule has 1 atom stereocenters. The summed E-state index contributed by atoms with van der Waals surface area (Å²) < 4.78 is 18.6. The van der Waals surface area contributed by atoms with E-state index in [1.807, 2.05) is 46.4 Å². The Balaban J connectivity index is 1.72. The molecule has 0 saturated carbocycles. The number of ether oxygens (including phenoxy) is 1. The summed E-state index contributed by atoms with van der Waals surface area (Å²) in [4.78, 5) is 22.2. The summed E-state index contributed by atoms with van der Waals surface area (Å²) in [5, 5.41) is 2.69. The zero-order valence-electron chi connectivity index (χ0n) is 17.8. The lowest BCUT2D eigenvalue weighted by molar-refractivity contribution is -0.131. The lowest BCUT2D eigenvalue weighted by atomic mass is 10.1. The van der Waals surface area contributed by atoms with Gasteiger partial charge in [0.1, 0.15) is 17.6 Å². The van der Waals surface area contributed by atoms with Gasteiger partial charge in [0.25, 0.3) is 0 Å². The molecule has 0 bridgehead atoms. The molecule has 31 heavy (non-hydrogen) atoms. The predicted molar refractivity (Wildman–Crippen MR) is 123 cm³/mol. The second kappa shape index (κ2) is 9.47. The fourth-order valence-corrected chi connectivity index (χ4v) is 4.81. The van der Waals surface area contributed by atoms with E-state index < -0.39 is 0 Å². The number of carbonyl (C=O) groups is 1. The number of hydrogen-bond acceptors (Lipinski definition) is 5. The van der Waals surface area contributed by atoms with E-state index in [1.54, 1.807) is 19.2 Å². The Morgan fingerprint density at radius 2 is 1.84 bits per heavy atom.